The summed E-state index contributed by atoms with van der Waals surface area (Å²) in [5.74, 6) is -4.32. The van der Waals surface area contributed by atoms with E-state index in [-0.39, 0.29) is 17.1 Å². The Hall–Kier alpha value is -3.10. The van der Waals surface area contributed by atoms with Gasteiger partial charge in [-0.05, 0) is 50.8 Å². The van der Waals surface area contributed by atoms with Gasteiger partial charge in [0.1, 0.15) is 5.92 Å². The molecule has 0 saturated heterocycles. The maximum absolute atomic E-state index is 13.5. The molecule has 1 aromatic carbocycles. The monoisotopic (exact) mass is 465 g/mol. The summed E-state index contributed by atoms with van der Waals surface area (Å²) in [6, 6.07) is 4.31. The minimum atomic E-state index is -4.53. The molecule has 0 spiro atoms. The zero-order valence-electron chi connectivity index (χ0n) is 19.0. The second-order valence-electron chi connectivity index (χ2n) is 8.61. The topological polar surface area (TPSA) is 81.7 Å². The first-order valence-electron chi connectivity index (χ1n) is 10.6. The molecule has 0 saturated carbocycles. The number of rotatable bonds is 4. The molecule has 0 amide bonds. The van der Waals surface area contributed by atoms with Crippen LogP contribution >= 0.6 is 0 Å². The predicted molar refractivity (Wildman–Crippen MR) is 113 cm³/mol. The fraction of sp³-hybridized carbons (Fsp3) is 0.458. The van der Waals surface area contributed by atoms with E-state index in [2.05, 4.69) is 5.32 Å². The first-order valence-corrected chi connectivity index (χ1v) is 10.6. The lowest BCUT2D eigenvalue weighted by Crippen LogP contribution is -2.43. The lowest BCUT2D eigenvalue weighted by Gasteiger charge is -2.38. The number of carbonyl (C=O) groups is 3. The van der Waals surface area contributed by atoms with E-state index < -0.39 is 47.4 Å². The summed E-state index contributed by atoms with van der Waals surface area (Å²) in [5, 5.41) is 3.10. The van der Waals surface area contributed by atoms with Gasteiger partial charge in [-0.25, -0.2) is 4.79 Å². The Balaban J connectivity index is 2.18. The molecule has 1 N–H and O–H groups in total. The van der Waals surface area contributed by atoms with Crippen molar-refractivity contribution < 1.29 is 37.0 Å². The van der Waals surface area contributed by atoms with Gasteiger partial charge in [0, 0.05) is 22.9 Å². The number of hydrogen-bond acceptors (Lipinski definition) is 6. The average Bonchev–Trinajstić information content (AvgIpc) is 2.71. The Morgan fingerprint density at radius 2 is 1.76 bits per heavy atom. The van der Waals surface area contributed by atoms with Crippen molar-refractivity contribution in [1.82, 2.24) is 5.32 Å². The van der Waals surface area contributed by atoms with Crippen LogP contribution in [0, 0.1) is 11.8 Å². The van der Waals surface area contributed by atoms with Crippen LogP contribution in [0.3, 0.4) is 0 Å². The van der Waals surface area contributed by atoms with Crippen molar-refractivity contribution in [1.29, 1.82) is 0 Å². The fourth-order valence-electron chi connectivity index (χ4n) is 4.43. The number of hydrogen-bond donors (Lipinski definition) is 1. The molecule has 3 atom stereocenters. The Labute approximate surface area is 189 Å². The standard InChI is InChI=1S/C24H26F3NO5/c1-11(2)33-23(31)18-13(4)28-16-10-12(3)17(22(30)32-5)21(29)20(16)19(18)14-6-8-15(9-7-14)24(25,26)27/h6-9,11-12,17,19,28H,10H2,1-5H3. The predicted octanol–water partition coefficient (Wildman–Crippen LogP) is 4.27. The maximum Gasteiger partial charge on any atom is 0.416 e. The van der Waals surface area contributed by atoms with Gasteiger partial charge in [0.15, 0.2) is 5.78 Å². The molecule has 9 heteroatoms. The second-order valence-corrected chi connectivity index (χ2v) is 8.61. The van der Waals surface area contributed by atoms with Gasteiger partial charge in [0.25, 0.3) is 0 Å². The number of carbonyl (C=O) groups excluding carboxylic acids is 3. The quantitative estimate of drug-likeness (QED) is 0.528. The third-order valence-electron chi connectivity index (χ3n) is 5.88. The molecule has 1 heterocycles. The molecule has 1 aliphatic carbocycles. The van der Waals surface area contributed by atoms with Crippen LogP contribution in [-0.4, -0.2) is 30.9 Å². The van der Waals surface area contributed by atoms with Gasteiger partial charge in [0.05, 0.1) is 24.4 Å². The van der Waals surface area contributed by atoms with E-state index in [0.717, 1.165) is 12.1 Å². The highest BCUT2D eigenvalue weighted by Gasteiger charge is 2.47. The number of halogens is 3. The molecule has 6 nitrogen and oxygen atoms in total. The smallest absolute Gasteiger partial charge is 0.416 e. The Bertz CT molecular complexity index is 1040. The molecule has 3 unspecified atom stereocenters. The number of ether oxygens (including phenoxy) is 2. The minimum Gasteiger partial charge on any atom is -0.468 e. The molecule has 3 rings (SSSR count). The Morgan fingerprint density at radius 1 is 1.15 bits per heavy atom. The van der Waals surface area contributed by atoms with E-state index in [0.29, 0.717) is 23.4 Å². The molecule has 1 aromatic rings. The number of methoxy groups -OCH3 is 1. The second kappa shape index (κ2) is 9.03. The maximum atomic E-state index is 13.5. The first kappa shape index (κ1) is 24.5. The number of esters is 2. The lowest BCUT2D eigenvalue weighted by atomic mass is 9.69. The van der Waals surface area contributed by atoms with Crippen molar-refractivity contribution in [2.45, 2.75) is 52.3 Å². The summed E-state index contributed by atoms with van der Waals surface area (Å²) in [6.45, 7) is 6.74. The van der Waals surface area contributed by atoms with Crippen molar-refractivity contribution in [2.75, 3.05) is 7.11 Å². The lowest BCUT2D eigenvalue weighted by molar-refractivity contribution is -0.151. The van der Waals surface area contributed by atoms with Gasteiger partial charge >= 0.3 is 18.1 Å². The number of dihydropyridines is 1. The molecule has 2 aliphatic rings. The largest absolute Gasteiger partial charge is 0.468 e. The number of alkyl halides is 3. The summed E-state index contributed by atoms with van der Waals surface area (Å²) >= 11 is 0. The highest BCUT2D eigenvalue weighted by molar-refractivity contribution is 6.12. The third-order valence-corrected chi connectivity index (χ3v) is 5.88. The van der Waals surface area contributed by atoms with Crippen LogP contribution in [0.1, 0.15) is 51.2 Å². The van der Waals surface area contributed by atoms with Crippen LogP contribution in [0.5, 0.6) is 0 Å². The summed E-state index contributed by atoms with van der Waals surface area (Å²) in [4.78, 5) is 38.9. The molecule has 33 heavy (non-hydrogen) atoms. The number of Topliss-reactive ketones (excluding diaryl/α,β-unsaturated/α-hetero) is 1. The van der Waals surface area contributed by atoms with Crippen LogP contribution in [-0.2, 0) is 30.0 Å². The Kier molecular flexibility index (Phi) is 6.72. The van der Waals surface area contributed by atoms with Crippen LogP contribution in [0.25, 0.3) is 0 Å². The average molecular weight is 465 g/mol. The van der Waals surface area contributed by atoms with Crippen LogP contribution in [0.4, 0.5) is 13.2 Å². The molecule has 0 radical (unpaired) electrons. The van der Waals surface area contributed by atoms with Gasteiger partial charge in [-0.2, -0.15) is 13.2 Å². The molecular weight excluding hydrogens is 439 g/mol. The SMILES string of the molecule is COC(=O)C1C(=O)C2=C(CC1C)NC(C)=C(C(=O)OC(C)C)C2c1ccc(C(F)(F)F)cc1. The van der Waals surface area contributed by atoms with Crippen LogP contribution < -0.4 is 5.32 Å². The zero-order valence-corrected chi connectivity index (χ0v) is 19.0. The van der Waals surface area contributed by atoms with Crippen molar-refractivity contribution >= 4 is 17.7 Å². The van der Waals surface area contributed by atoms with Crippen molar-refractivity contribution in [3.63, 3.8) is 0 Å². The summed E-state index contributed by atoms with van der Waals surface area (Å²) in [7, 11) is 1.19. The Morgan fingerprint density at radius 3 is 2.27 bits per heavy atom. The highest BCUT2D eigenvalue weighted by Crippen LogP contribution is 2.46. The van der Waals surface area contributed by atoms with Crippen LogP contribution in [0.15, 0.2) is 46.8 Å². The van der Waals surface area contributed by atoms with Crippen LogP contribution in [0.2, 0.25) is 0 Å². The third kappa shape index (κ3) is 4.67. The van der Waals surface area contributed by atoms with E-state index >= 15 is 0 Å². The molecule has 0 fully saturated rings. The fourth-order valence-corrected chi connectivity index (χ4v) is 4.43. The number of nitrogens with one attached hydrogen (secondary N) is 1. The van der Waals surface area contributed by atoms with Crippen molar-refractivity contribution in [3.05, 3.63) is 57.9 Å². The zero-order chi connectivity index (χ0) is 24.7. The van der Waals surface area contributed by atoms with E-state index in [1.807, 2.05) is 0 Å². The number of benzene rings is 1. The summed E-state index contributed by atoms with van der Waals surface area (Å²) < 4.78 is 49.6. The number of allylic oxidation sites excluding steroid dienone is 3. The van der Waals surface area contributed by atoms with Gasteiger partial charge < -0.3 is 14.8 Å². The molecular formula is C24H26F3NO5. The van der Waals surface area contributed by atoms with Crippen molar-refractivity contribution in [3.8, 4) is 0 Å². The molecule has 0 aromatic heterocycles. The molecule has 178 valence electrons. The van der Waals surface area contributed by atoms with E-state index in [9.17, 15) is 27.6 Å². The van der Waals surface area contributed by atoms with E-state index in [1.165, 1.54) is 19.2 Å². The summed E-state index contributed by atoms with van der Waals surface area (Å²) in [5.41, 5.74) is 0.742. The number of ketones is 1. The van der Waals surface area contributed by atoms with Gasteiger partial charge in [0.2, 0.25) is 0 Å². The molecule has 0 bridgehead atoms. The van der Waals surface area contributed by atoms with Gasteiger partial charge in [-0.3, -0.25) is 9.59 Å². The minimum absolute atomic E-state index is 0.119. The normalized spacial score (nSPS) is 23.3. The van der Waals surface area contributed by atoms with Gasteiger partial charge in [-0.15, -0.1) is 0 Å². The van der Waals surface area contributed by atoms with E-state index in [4.69, 9.17) is 9.47 Å². The highest BCUT2D eigenvalue weighted by atomic mass is 19.4. The van der Waals surface area contributed by atoms with Crippen molar-refractivity contribution in [2.24, 2.45) is 11.8 Å². The molecule has 1 aliphatic heterocycles. The van der Waals surface area contributed by atoms with E-state index in [1.54, 1.807) is 27.7 Å². The first-order chi connectivity index (χ1) is 15.4. The summed E-state index contributed by atoms with van der Waals surface area (Å²) in [6.07, 6.45) is -4.65. The van der Waals surface area contributed by atoms with Gasteiger partial charge in [-0.1, -0.05) is 19.1 Å².